The van der Waals surface area contributed by atoms with Gasteiger partial charge in [-0.15, -0.1) is 0 Å². The fourth-order valence-corrected chi connectivity index (χ4v) is 9.08. The number of ketones is 1. The van der Waals surface area contributed by atoms with E-state index in [0.717, 1.165) is 5.56 Å². The van der Waals surface area contributed by atoms with E-state index >= 15 is 0 Å². The molecule has 0 radical (unpaired) electrons. The van der Waals surface area contributed by atoms with Crippen molar-refractivity contribution in [2.24, 2.45) is 16.7 Å². The van der Waals surface area contributed by atoms with Crippen molar-refractivity contribution in [3.8, 4) is 0 Å². The first-order valence-electron chi connectivity index (χ1n) is 11.9. The molecule has 1 aromatic rings. The van der Waals surface area contributed by atoms with Crippen LogP contribution in [0, 0.1) is 16.7 Å². The number of rotatable bonds is 1. The molecule has 1 spiro atoms. The molecule has 5 fully saturated rings. The molecule has 3 aliphatic carbocycles. The third-order valence-corrected chi connectivity index (χ3v) is 10.8. The number of ether oxygens (including phenoxy) is 3. The highest BCUT2D eigenvalue weighted by molar-refractivity contribution is 5.95. The largest absolute Gasteiger partial charge is 0.472 e. The van der Waals surface area contributed by atoms with Crippen LogP contribution in [0.1, 0.15) is 45.6 Å². The van der Waals surface area contributed by atoms with Crippen LogP contribution in [0.4, 0.5) is 0 Å². The zero-order chi connectivity index (χ0) is 25.2. The first-order chi connectivity index (χ1) is 16.2. The Balaban J connectivity index is 1.47. The Morgan fingerprint density at radius 3 is 2.40 bits per heavy atom. The monoisotopic (exact) mass is 488 g/mol. The average Bonchev–Trinajstić information content (AvgIpc) is 3.03. The summed E-state index contributed by atoms with van der Waals surface area (Å²) in [4.78, 5) is 26.9. The molecular formula is C25H28O10. The molecule has 6 aliphatic rings. The van der Waals surface area contributed by atoms with E-state index in [1.807, 2.05) is 0 Å². The zero-order valence-corrected chi connectivity index (χ0v) is 19.7. The van der Waals surface area contributed by atoms with Crippen molar-refractivity contribution in [3.05, 3.63) is 36.3 Å². The lowest BCUT2D eigenvalue weighted by molar-refractivity contribution is -0.300. The van der Waals surface area contributed by atoms with Crippen LogP contribution in [0.25, 0.3) is 0 Å². The van der Waals surface area contributed by atoms with Crippen LogP contribution in [0.15, 0.2) is 35.2 Å². The van der Waals surface area contributed by atoms with Crippen molar-refractivity contribution in [1.82, 2.24) is 0 Å². The summed E-state index contributed by atoms with van der Waals surface area (Å²) >= 11 is 0. The van der Waals surface area contributed by atoms with Crippen molar-refractivity contribution >= 4 is 11.8 Å². The smallest absolute Gasteiger partial charge is 0.339 e. The minimum atomic E-state index is -2.43. The fraction of sp³-hybridized carbons (Fsp3) is 0.680. The molecule has 2 saturated carbocycles. The van der Waals surface area contributed by atoms with Gasteiger partial charge in [0.05, 0.1) is 29.5 Å². The molecule has 188 valence electrons. The maximum Gasteiger partial charge on any atom is 0.339 e. The summed E-state index contributed by atoms with van der Waals surface area (Å²) in [6.07, 6.45) is 2.18. The lowest BCUT2D eigenvalue weighted by atomic mass is 9.43. The van der Waals surface area contributed by atoms with E-state index in [2.05, 4.69) is 0 Å². The fourth-order valence-electron chi connectivity index (χ4n) is 9.08. The lowest BCUT2D eigenvalue weighted by Gasteiger charge is -2.60. The summed E-state index contributed by atoms with van der Waals surface area (Å²) in [6.45, 7) is 6.11. The van der Waals surface area contributed by atoms with E-state index in [4.69, 9.17) is 18.6 Å². The summed E-state index contributed by atoms with van der Waals surface area (Å²) in [7, 11) is 0. The van der Waals surface area contributed by atoms with Gasteiger partial charge in [-0.05, 0) is 51.0 Å². The molecule has 0 aromatic carbocycles. The maximum absolute atomic E-state index is 14.4. The predicted molar refractivity (Wildman–Crippen MR) is 113 cm³/mol. The number of carbonyl (C=O) groups excluding carboxylic acids is 2. The van der Waals surface area contributed by atoms with Crippen LogP contribution >= 0.6 is 0 Å². The third kappa shape index (κ3) is 1.80. The Kier molecular flexibility index (Phi) is 3.53. The quantitative estimate of drug-likeness (QED) is 0.239. The van der Waals surface area contributed by atoms with Crippen molar-refractivity contribution in [2.45, 2.75) is 86.5 Å². The Labute approximate surface area is 200 Å². The Bertz CT molecular complexity index is 1220. The van der Waals surface area contributed by atoms with Crippen molar-refractivity contribution < 1.29 is 48.6 Å². The predicted octanol–water partition coefficient (Wildman–Crippen LogP) is -0.0683. The van der Waals surface area contributed by atoms with E-state index in [0.29, 0.717) is 6.42 Å². The number of furan rings is 1. The van der Waals surface area contributed by atoms with Gasteiger partial charge in [-0.2, -0.15) is 0 Å². The normalized spacial score (nSPS) is 61.5. The SMILES string of the molecule is C[C@@]12C(=O)[C@H]3OC4(O)C=C[C@]5(C)OC(=O)[C@H](O)[C@]5(O)[C@@]4(C)[C@@H]3[C@@](C)(O)[C@]13O[C@@H]3C[C@H]2c1ccoc1. The third-order valence-electron chi connectivity index (χ3n) is 10.8. The highest BCUT2D eigenvalue weighted by atomic mass is 16.7. The Hall–Kier alpha value is -2.08. The molecule has 35 heavy (non-hydrogen) atoms. The van der Waals surface area contributed by atoms with Crippen molar-refractivity contribution in [1.29, 1.82) is 0 Å². The molecule has 12 atom stereocenters. The summed E-state index contributed by atoms with van der Waals surface area (Å²) in [5.41, 5.74) is -9.71. The number of aliphatic hydroxyl groups excluding tert-OH is 1. The minimum absolute atomic E-state index is 0.334. The summed E-state index contributed by atoms with van der Waals surface area (Å²) < 4.78 is 22.8. The van der Waals surface area contributed by atoms with Crippen LogP contribution in [0.3, 0.4) is 0 Å². The van der Waals surface area contributed by atoms with Crippen LogP contribution in [0.5, 0.6) is 0 Å². The molecule has 7 rings (SSSR count). The number of hydrogen-bond acceptors (Lipinski definition) is 10. The topological polar surface area (TPSA) is 159 Å². The average molecular weight is 488 g/mol. The van der Waals surface area contributed by atoms with E-state index in [1.54, 1.807) is 19.3 Å². The van der Waals surface area contributed by atoms with E-state index in [-0.39, 0.29) is 11.7 Å². The first kappa shape index (κ1) is 22.1. The minimum Gasteiger partial charge on any atom is -0.472 e. The second kappa shape index (κ2) is 5.58. The molecule has 1 unspecified atom stereocenters. The number of epoxide rings is 1. The van der Waals surface area contributed by atoms with E-state index in [1.165, 1.54) is 39.2 Å². The molecule has 10 heteroatoms. The molecule has 3 aliphatic heterocycles. The standard InChI is InChI=1S/C25H28O10/c1-19-6-7-23(30)21(3,24(19,31)17(27)18(28)35-19)15-14(34-23)16(26)20(2)12(11-5-8-32-10-11)9-13-25(20,33-13)22(15,4)29/h5-8,10,12-15,17,27,29-31H,9H2,1-4H3/t12-,13+,14-,15+,17-,19-,20+,21-,22+,23?,24+,25+/m0/s1. The molecule has 1 aromatic heterocycles. The van der Waals surface area contributed by atoms with Gasteiger partial charge in [0.1, 0.15) is 17.3 Å². The lowest BCUT2D eigenvalue weighted by Crippen LogP contribution is -2.78. The van der Waals surface area contributed by atoms with Gasteiger partial charge in [-0.1, -0.05) is 6.92 Å². The number of aliphatic hydroxyl groups is 4. The van der Waals surface area contributed by atoms with Gasteiger partial charge >= 0.3 is 5.97 Å². The van der Waals surface area contributed by atoms with Gasteiger partial charge in [0.25, 0.3) is 0 Å². The second-order valence-corrected chi connectivity index (χ2v) is 11.8. The van der Waals surface area contributed by atoms with Gasteiger partial charge < -0.3 is 39.1 Å². The van der Waals surface area contributed by atoms with Gasteiger partial charge in [-0.3, -0.25) is 4.79 Å². The highest BCUT2D eigenvalue weighted by Crippen LogP contribution is 2.79. The van der Waals surface area contributed by atoms with E-state index in [9.17, 15) is 30.0 Å². The first-order valence-corrected chi connectivity index (χ1v) is 11.9. The van der Waals surface area contributed by atoms with Crippen molar-refractivity contribution in [3.63, 3.8) is 0 Å². The Morgan fingerprint density at radius 1 is 1.03 bits per heavy atom. The van der Waals surface area contributed by atoms with Gasteiger partial charge in [0, 0.05) is 11.8 Å². The summed E-state index contributed by atoms with van der Waals surface area (Å²) in [6, 6.07) is 1.78. The van der Waals surface area contributed by atoms with E-state index < -0.39 is 69.2 Å². The number of carbonyl (C=O) groups is 2. The van der Waals surface area contributed by atoms with Gasteiger partial charge in [0.2, 0.25) is 0 Å². The molecule has 4 N–H and O–H groups in total. The van der Waals surface area contributed by atoms with Crippen LogP contribution in [-0.2, 0) is 23.8 Å². The van der Waals surface area contributed by atoms with Crippen LogP contribution in [0.2, 0.25) is 0 Å². The molecule has 0 amide bonds. The Morgan fingerprint density at radius 2 is 1.74 bits per heavy atom. The number of fused-ring (bicyclic) bond motifs is 5. The molecular weight excluding hydrogens is 460 g/mol. The summed E-state index contributed by atoms with van der Waals surface area (Å²) in [5.74, 6) is -5.35. The number of hydrogen-bond donors (Lipinski definition) is 4. The van der Waals surface area contributed by atoms with Gasteiger partial charge in [0.15, 0.2) is 28.9 Å². The molecule has 0 bridgehead atoms. The highest BCUT2D eigenvalue weighted by Gasteiger charge is 2.94. The number of Topliss-reactive ketones (excluding diaryl/α,β-unsaturated/α-hetero) is 1. The summed E-state index contributed by atoms with van der Waals surface area (Å²) in [5, 5.41) is 47.2. The van der Waals surface area contributed by atoms with Crippen molar-refractivity contribution in [2.75, 3.05) is 0 Å². The molecule has 3 saturated heterocycles. The zero-order valence-electron chi connectivity index (χ0n) is 19.7. The van der Waals surface area contributed by atoms with Crippen LogP contribution in [-0.4, -0.2) is 78.7 Å². The number of esters is 1. The maximum atomic E-state index is 14.4. The molecule has 4 heterocycles. The second-order valence-electron chi connectivity index (χ2n) is 11.8. The van der Waals surface area contributed by atoms with Crippen LogP contribution < -0.4 is 0 Å². The molecule has 10 nitrogen and oxygen atoms in total. The van der Waals surface area contributed by atoms with Gasteiger partial charge in [-0.25, -0.2) is 4.79 Å².